The van der Waals surface area contributed by atoms with Crippen LogP contribution in [0.4, 0.5) is 0 Å². The van der Waals surface area contributed by atoms with E-state index >= 15 is 0 Å². The molecule has 0 aromatic rings. The van der Waals surface area contributed by atoms with E-state index in [0.717, 1.165) is 57.8 Å². The fourth-order valence-corrected chi connectivity index (χ4v) is 6.54. The quantitative estimate of drug-likeness (QED) is 0.0291. The number of carbonyl (C=O) groups is 2. The molecule has 2 unspecified atom stereocenters. The first-order valence-corrected chi connectivity index (χ1v) is 22.0. The highest BCUT2D eigenvalue weighted by molar-refractivity contribution is 7.47. The van der Waals surface area contributed by atoms with E-state index in [1.165, 1.54) is 109 Å². The van der Waals surface area contributed by atoms with Gasteiger partial charge in [0.2, 0.25) is 0 Å². The minimum absolute atomic E-state index is 0.00175. The molecular weight excluding hydrogens is 639 g/mol. The second-order valence-electron chi connectivity index (χ2n) is 13.7. The minimum Gasteiger partial charge on any atom is -0.462 e. The second-order valence-corrected chi connectivity index (χ2v) is 15.1. The average molecular weight is 717 g/mol. The van der Waals surface area contributed by atoms with E-state index in [1.54, 1.807) is 6.92 Å². The molecule has 0 amide bonds. The van der Waals surface area contributed by atoms with Crippen molar-refractivity contribution in [1.82, 2.24) is 0 Å². The van der Waals surface area contributed by atoms with E-state index in [2.05, 4.69) is 26.0 Å². The molecule has 0 fully saturated rings. The van der Waals surface area contributed by atoms with Crippen LogP contribution in [0, 0.1) is 0 Å². The standard InChI is InChI=1S/C40H77O8P/c1-4-7-9-11-13-15-17-18-19-20-21-22-23-25-26-28-30-32-34-39(41)45-36-38(37-47-49(43,44)46-6-3)48-40(42)35-33-31-29-27-24-16-14-12-10-8-5-2/h12,14,38H,4-11,13,15-37H2,1-3H3,(H,43,44)/b14-12-. The number of hydrogen-bond donors (Lipinski definition) is 1. The van der Waals surface area contributed by atoms with Crippen LogP contribution in [0.3, 0.4) is 0 Å². The highest BCUT2D eigenvalue weighted by Gasteiger charge is 2.25. The Kier molecular flexibility index (Phi) is 35.7. The number of esters is 2. The van der Waals surface area contributed by atoms with Gasteiger partial charge in [0.1, 0.15) is 6.61 Å². The molecule has 0 aromatic carbocycles. The molecular formula is C40H77O8P. The molecule has 8 nitrogen and oxygen atoms in total. The molecule has 49 heavy (non-hydrogen) atoms. The molecule has 0 heterocycles. The van der Waals surface area contributed by atoms with E-state index in [4.69, 9.17) is 18.5 Å². The monoisotopic (exact) mass is 717 g/mol. The maximum Gasteiger partial charge on any atom is 0.472 e. The molecule has 9 heteroatoms. The van der Waals surface area contributed by atoms with Gasteiger partial charge in [-0.15, -0.1) is 0 Å². The number of unbranched alkanes of at least 4 members (excludes halogenated alkanes) is 24. The normalized spacial score (nSPS) is 13.5. The second kappa shape index (κ2) is 36.6. The smallest absolute Gasteiger partial charge is 0.462 e. The van der Waals surface area contributed by atoms with E-state index in [1.807, 2.05) is 0 Å². The Bertz CT molecular complexity index is 818. The zero-order chi connectivity index (χ0) is 36.1. The molecule has 290 valence electrons. The summed E-state index contributed by atoms with van der Waals surface area (Å²) in [7, 11) is -4.27. The number of phosphoric acid groups is 1. The van der Waals surface area contributed by atoms with Crippen molar-refractivity contribution in [3.05, 3.63) is 12.2 Å². The van der Waals surface area contributed by atoms with Gasteiger partial charge in [-0.2, -0.15) is 0 Å². The van der Waals surface area contributed by atoms with Crippen molar-refractivity contribution in [3.8, 4) is 0 Å². The summed E-state index contributed by atoms with van der Waals surface area (Å²) in [6.45, 7) is 5.44. The lowest BCUT2D eigenvalue weighted by atomic mass is 10.0. The van der Waals surface area contributed by atoms with Crippen LogP contribution in [0.2, 0.25) is 0 Å². The lowest BCUT2D eigenvalue weighted by Crippen LogP contribution is -2.29. The van der Waals surface area contributed by atoms with E-state index in [9.17, 15) is 19.0 Å². The minimum atomic E-state index is -4.27. The number of carbonyl (C=O) groups excluding carboxylic acids is 2. The molecule has 0 saturated carbocycles. The van der Waals surface area contributed by atoms with Gasteiger partial charge in [-0.05, 0) is 39.0 Å². The predicted molar refractivity (Wildman–Crippen MR) is 203 cm³/mol. The van der Waals surface area contributed by atoms with Crippen LogP contribution in [0.1, 0.15) is 207 Å². The zero-order valence-corrected chi connectivity index (χ0v) is 33.0. The largest absolute Gasteiger partial charge is 0.472 e. The fourth-order valence-electron chi connectivity index (χ4n) is 5.79. The third-order valence-corrected chi connectivity index (χ3v) is 9.88. The van der Waals surface area contributed by atoms with Crippen molar-refractivity contribution in [1.29, 1.82) is 0 Å². The van der Waals surface area contributed by atoms with Gasteiger partial charge in [-0.1, -0.05) is 167 Å². The van der Waals surface area contributed by atoms with E-state index < -0.39 is 26.5 Å². The van der Waals surface area contributed by atoms with Crippen LogP contribution in [-0.2, 0) is 32.7 Å². The van der Waals surface area contributed by atoms with Crippen molar-refractivity contribution in [3.63, 3.8) is 0 Å². The van der Waals surface area contributed by atoms with Crippen molar-refractivity contribution in [2.75, 3.05) is 19.8 Å². The van der Waals surface area contributed by atoms with Crippen molar-refractivity contribution < 1.29 is 37.6 Å². The molecule has 0 bridgehead atoms. The van der Waals surface area contributed by atoms with Crippen molar-refractivity contribution >= 4 is 19.8 Å². The summed E-state index contributed by atoms with van der Waals surface area (Å²) in [5.41, 5.74) is 0. The van der Waals surface area contributed by atoms with Crippen LogP contribution >= 0.6 is 7.82 Å². The Morgan fingerprint density at radius 3 is 1.41 bits per heavy atom. The molecule has 0 aromatic heterocycles. The number of allylic oxidation sites excluding steroid dienone is 2. The third kappa shape index (κ3) is 36.4. The molecule has 0 spiro atoms. The van der Waals surface area contributed by atoms with Crippen LogP contribution in [0.15, 0.2) is 12.2 Å². The summed E-state index contributed by atoms with van der Waals surface area (Å²) in [5.74, 6) is -0.800. The summed E-state index contributed by atoms with van der Waals surface area (Å²) in [5, 5.41) is 0. The first-order chi connectivity index (χ1) is 23.8. The van der Waals surface area contributed by atoms with Gasteiger partial charge < -0.3 is 14.4 Å². The molecule has 0 radical (unpaired) electrons. The molecule has 0 rings (SSSR count). The molecule has 0 saturated heterocycles. The molecule has 0 aliphatic heterocycles. The Morgan fingerprint density at radius 2 is 0.939 bits per heavy atom. The summed E-state index contributed by atoms with van der Waals surface area (Å²) in [6.07, 6.45) is 37.0. The predicted octanol–water partition coefficient (Wildman–Crippen LogP) is 12.5. The lowest BCUT2D eigenvalue weighted by Gasteiger charge is -2.19. The first-order valence-electron chi connectivity index (χ1n) is 20.5. The topological polar surface area (TPSA) is 108 Å². The van der Waals surface area contributed by atoms with Gasteiger partial charge in [-0.25, -0.2) is 4.57 Å². The molecule has 2 atom stereocenters. The Hall–Kier alpha value is -1.21. The molecule has 0 aliphatic carbocycles. The Balaban J connectivity index is 4.03. The van der Waals surface area contributed by atoms with Crippen LogP contribution in [0.5, 0.6) is 0 Å². The third-order valence-electron chi connectivity index (χ3n) is 8.82. The summed E-state index contributed by atoms with van der Waals surface area (Å²) < 4.78 is 32.5. The lowest BCUT2D eigenvalue weighted by molar-refractivity contribution is -0.161. The highest BCUT2D eigenvalue weighted by Crippen LogP contribution is 2.43. The van der Waals surface area contributed by atoms with Crippen molar-refractivity contribution in [2.45, 2.75) is 213 Å². The average Bonchev–Trinajstić information content (AvgIpc) is 3.07. The summed E-state index contributed by atoms with van der Waals surface area (Å²) in [4.78, 5) is 34.6. The zero-order valence-electron chi connectivity index (χ0n) is 32.1. The summed E-state index contributed by atoms with van der Waals surface area (Å²) >= 11 is 0. The van der Waals surface area contributed by atoms with Gasteiger partial charge in [-0.3, -0.25) is 18.6 Å². The Morgan fingerprint density at radius 1 is 0.531 bits per heavy atom. The maximum absolute atomic E-state index is 12.5. The summed E-state index contributed by atoms with van der Waals surface area (Å²) in [6, 6.07) is 0. The van der Waals surface area contributed by atoms with Crippen LogP contribution in [0.25, 0.3) is 0 Å². The van der Waals surface area contributed by atoms with E-state index in [0.29, 0.717) is 12.8 Å². The molecule has 0 aliphatic rings. The van der Waals surface area contributed by atoms with Crippen molar-refractivity contribution in [2.24, 2.45) is 0 Å². The molecule has 1 N–H and O–H groups in total. The van der Waals surface area contributed by atoms with Gasteiger partial charge in [0, 0.05) is 12.8 Å². The fraction of sp³-hybridized carbons (Fsp3) is 0.900. The van der Waals surface area contributed by atoms with Gasteiger partial charge in [0.15, 0.2) is 6.10 Å². The number of ether oxygens (including phenoxy) is 2. The van der Waals surface area contributed by atoms with Crippen LogP contribution in [-0.4, -0.2) is 42.8 Å². The Labute approximate surface area is 301 Å². The van der Waals surface area contributed by atoms with Crippen LogP contribution < -0.4 is 0 Å². The number of phosphoric ester groups is 1. The number of rotatable bonds is 38. The highest BCUT2D eigenvalue weighted by atomic mass is 31.2. The SMILES string of the molecule is CCCC/C=C\CCCCCCCC(=O)OC(COC(=O)CCCCCCCCCCCCCCCCCCCC)COP(=O)(O)OCC. The van der Waals surface area contributed by atoms with Gasteiger partial charge in [0.25, 0.3) is 0 Å². The maximum atomic E-state index is 12.5. The van der Waals surface area contributed by atoms with E-state index in [-0.39, 0.29) is 25.6 Å². The van der Waals surface area contributed by atoms with Gasteiger partial charge in [0.05, 0.1) is 13.2 Å². The first kappa shape index (κ1) is 47.8. The number of hydrogen-bond acceptors (Lipinski definition) is 7. The van der Waals surface area contributed by atoms with Gasteiger partial charge >= 0.3 is 19.8 Å².